The molecule has 0 fully saturated rings. The molecule has 0 aliphatic rings. The third-order valence-corrected chi connectivity index (χ3v) is 1.39. The first kappa shape index (κ1) is 8.83. The number of ketones is 1. The number of carbonyl (C=O) groups excluding carboxylic acids is 1. The van der Waals surface area contributed by atoms with Crippen molar-refractivity contribution < 1.29 is 4.79 Å². The average molecular weight is 168 g/mol. The van der Waals surface area contributed by atoms with Crippen LogP contribution in [0.25, 0.3) is 0 Å². The van der Waals surface area contributed by atoms with Crippen molar-refractivity contribution in [3.63, 3.8) is 0 Å². The van der Waals surface area contributed by atoms with Crippen LogP contribution in [0.5, 0.6) is 0 Å². The largest absolute Gasteiger partial charge is 0.290 e. The highest BCUT2D eigenvalue weighted by Gasteiger charge is 2.26. The van der Waals surface area contributed by atoms with Crippen molar-refractivity contribution in [2.45, 2.75) is 20.8 Å². The smallest absolute Gasteiger partial charge is 0.240 e. The van der Waals surface area contributed by atoms with Crippen LogP contribution in [0.1, 0.15) is 31.4 Å². The molecule has 0 radical (unpaired) electrons. The molecule has 0 aromatic carbocycles. The molecule has 0 spiro atoms. The number of carbonyl (C=O) groups is 1. The van der Waals surface area contributed by atoms with Crippen LogP contribution in [0.2, 0.25) is 0 Å². The molecule has 0 aliphatic carbocycles. The maximum absolute atomic E-state index is 11.5. The van der Waals surface area contributed by atoms with Gasteiger partial charge in [0.25, 0.3) is 0 Å². The van der Waals surface area contributed by atoms with Crippen LogP contribution in [0.4, 0.5) is 0 Å². The third-order valence-electron chi connectivity index (χ3n) is 1.39. The predicted molar refractivity (Wildman–Crippen MR) is 42.6 cm³/mol. The average Bonchev–Trinajstić information content (AvgIpc) is 2.32. The second-order valence-corrected chi connectivity index (χ2v) is 3.68. The number of aromatic nitrogens is 4. The molecule has 0 saturated carbocycles. The van der Waals surface area contributed by atoms with Crippen LogP contribution >= 0.6 is 0 Å². The summed E-state index contributed by atoms with van der Waals surface area (Å²) in [5.41, 5.74) is -0.441. The first-order valence-corrected chi connectivity index (χ1v) is 3.70. The monoisotopic (exact) mass is 168 g/mol. The van der Waals surface area contributed by atoms with Crippen molar-refractivity contribution in [1.82, 2.24) is 20.2 Å². The van der Waals surface area contributed by atoms with E-state index in [0.717, 1.165) is 0 Å². The molecule has 0 bridgehead atoms. The Labute approximate surface area is 70.8 Å². The normalized spacial score (nSPS) is 11.7. The van der Waals surface area contributed by atoms with E-state index in [4.69, 9.17) is 0 Å². The van der Waals surface area contributed by atoms with Crippen LogP contribution in [0.15, 0.2) is 0 Å². The molecule has 66 valence electrons. The number of hydrogen-bond acceptors (Lipinski definition) is 4. The van der Waals surface area contributed by atoms with E-state index in [9.17, 15) is 4.79 Å². The number of tetrazole rings is 1. The topological polar surface area (TPSA) is 60.7 Å². The van der Waals surface area contributed by atoms with Gasteiger partial charge in [-0.25, -0.2) is 0 Å². The molecule has 0 aliphatic heterocycles. The van der Waals surface area contributed by atoms with Crippen molar-refractivity contribution in [2.24, 2.45) is 12.5 Å². The number of nitrogens with zero attached hydrogens (tertiary/aromatic N) is 4. The second kappa shape index (κ2) is 2.66. The lowest BCUT2D eigenvalue weighted by Gasteiger charge is -2.12. The predicted octanol–water partition coefficient (Wildman–Crippen LogP) is 0.439. The Kier molecular flexibility index (Phi) is 1.95. The van der Waals surface area contributed by atoms with Gasteiger partial charge in [0.1, 0.15) is 0 Å². The summed E-state index contributed by atoms with van der Waals surface area (Å²) in [5, 5.41) is 11.0. The van der Waals surface area contributed by atoms with E-state index in [0.29, 0.717) is 0 Å². The zero-order chi connectivity index (χ0) is 9.35. The standard InChI is InChI=1S/C7H12N4O/c1-7(2,3)5(12)6-8-10-11(4)9-6/h1-4H3. The summed E-state index contributed by atoms with van der Waals surface area (Å²) >= 11 is 0. The highest BCUT2D eigenvalue weighted by atomic mass is 16.1. The third kappa shape index (κ3) is 1.66. The minimum Gasteiger partial charge on any atom is -0.290 e. The van der Waals surface area contributed by atoms with Crippen LogP contribution in [-0.4, -0.2) is 26.0 Å². The Hall–Kier alpha value is -1.26. The van der Waals surface area contributed by atoms with Crippen molar-refractivity contribution in [2.75, 3.05) is 0 Å². The SMILES string of the molecule is Cn1nnc(C(=O)C(C)(C)C)n1. The fourth-order valence-corrected chi connectivity index (χ4v) is 0.710. The van der Waals surface area contributed by atoms with E-state index in [-0.39, 0.29) is 11.6 Å². The van der Waals surface area contributed by atoms with Crippen LogP contribution in [-0.2, 0) is 7.05 Å². The number of rotatable bonds is 1. The van der Waals surface area contributed by atoms with Crippen molar-refractivity contribution in [1.29, 1.82) is 0 Å². The second-order valence-electron chi connectivity index (χ2n) is 3.68. The van der Waals surface area contributed by atoms with Gasteiger partial charge in [0, 0.05) is 5.41 Å². The molecule has 0 saturated heterocycles. The van der Waals surface area contributed by atoms with Gasteiger partial charge in [0.15, 0.2) is 0 Å². The lowest BCUT2D eigenvalue weighted by atomic mass is 9.90. The quantitative estimate of drug-likeness (QED) is 0.571. The maximum Gasteiger partial charge on any atom is 0.240 e. The Morgan fingerprint density at radius 1 is 1.42 bits per heavy atom. The summed E-state index contributed by atoms with van der Waals surface area (Å²) in [7, 11) is 1.63. The fourth-order valence-electron chi connectivity index (χ4n) is 0.710. The Morgan fingerprint density at radius 3 is 2.33 bits per heavy atom. The van der Waals surface area contributed by atoms with Gasteiger partial charge in [-0.2, -0.15) is 4.80 Å². The zero-order valence-corrected chi connectivity index (χ0v) is 7.70. The molecule has 1 rings (SSSR count). The molecule has 1 aromatic rings. The first-order valence-electron chi connectivity index (χ1n) is 3.70. The molecule has 0 amide bonds. The lowest BCUT2D eigenvalue weighted by molar-refractivity contribution is 0.0846. The van der Waals surface area contributed by atoms with Gasteiger partial charge >= 0.3 is 0 Å². The maximum atomic E-state index is 11.5. The zero-order valence-electron chi connectivity index (χ0n) is 7.70. The minimum absolute atomic E-state index is 0.0874. The first-order chi connectivity index (χ1) is 5.41. The molecule has 12 heavy (non-hydrogen) atoms. The summed E-state index contributed by atoms with van der Waals surface area (Å²) in [6.07, 6.45) is 0. The Bertz CT molecular complexity index is 297. The van der Waals surface area contributed by atoms with Gasteiger partial charge in [0.2, 0.25) is 11.6 Å². The van der Waals surface area contributed by atoms with Crippen LogP contribution in [0.3, 0.4) is 0 Å². The van der Waals surface area contributed by atoms with E-state index in [2.05, 4.69) is 15.4 Å². The molecule has 5 nitrogen and oxygen atoms in total. The van der Waals surface area contributed by atoms with Crippen molar-refractivity contribution in [3.05, 3.63) is 5.82 Å². The van der Waals surface area contributed by atoms with Gasteiger partial charge < -0.3 is 0 Å². The highest BCUT2D eigenvalue weighted by Crippen LogP contribution is 2.17. The van der Waals surface area contributed by atoms with Crippen LogP contribution in [0, 0.1) is 5.41 Å². The van der Waals surface area contributed by atoms with Gasteiger partial charge in [-0.15, -0.1) is 10.2 Å². The molecular weight excluding hydrogens is 156 g/mol. The Morgan fingerprint density at radius 2 is 2.00 bits per heavy atom. The van der Waals surface area contributed by atoms with Gasteiger partial charge in [0.05, 0.1) is 7.05 Å². The van der Waals surface area contributed by atoms with Gasteiger partial charge in [-0.3, -0.25) is 4.79 Å². The molecule has 0 atom stereocenters. The van der Waals surface area contributed by atoms with Gasteiger partial charge in [-0.05, 0) is 5.21 Å². The minimum atomic E-state index is -0.441. The molecule has 1 heterocycles. The lowest BCUT2D eigenvalue weighted by Crippen LogP contribution is -2.21. The molecule has 0 N–H and O–H groups in total. The van der Waals surface area contributed by atoms with E-state index in [1.807, 2.05) is 20.8 Å². The van der Waals surface area contributed by atoms with Crippen molar-refractivity contribution >= 4 is 5.78 Å². The van der Waals surface area contributed by atoms with Gasteiger partial charge in [-0.1, -0.05) is 20.8 Å². The molecule has 0 unspecified atom stereocenters. The molecule has 1 aromatic heterocycles. The number of Topliss-reactive ketones (excluding diaryl/α,β-unsaturated/α-hetero) is 1. The van der Waals surface area contributed by atoms with E-state index < -0.39 is 5.41 Å². The Balaban J connectivity index is 2.93. The summed E-state index contributed by atoms with van der Waals surface area (Å²) in [6.45, 7) is 5.48. The van der Waals surface area contributed by atoms with E-state index >= 15 is 0 Å². The van der Waals surface area contributed by atoms with Crippen LogP contribution < -0.4 is 0 Å². The fraction of sp³-hybridized carbons (Fsp3) is 0.714. The summed E-state index contributed by atoms with van der Waals surface area (Å²) in [6, 6.07) is 0. The summed E-state index contributed by atoms with van der Waals surface area (Å²) < 4.78 is 0. The highest BCUT2D eigenvalue weighted by molar-refractivity contribution is 5.96. The van der Waals surface area contributed by atoms with E-state index in [1.165, 1.54) is 4.80 Å². The molecule has 5 heteroatoms. The number of hydrogen-bond donors (Lipinski definition) is 0. The number of aryl methyl sites for hydroxylation is 1. The summed E-state index contributed by atoms with van der Waals surface area (Å²) in [5.74, 6) is 0.0978. The summed E-state index contributed by atoms with van der Waals surface area (Å²) in [4.78, 5) is 12.8. The van der Waals surface area contributed by atoms with Crippen molar-refractivity contribution in [3.8, 4) is 0 Å². The molecular formula is C7H12N4O. The van der Waals surface area contributed by atoms with E-state index in [1.54, 1.807) is 7.05 Å².